The number of benzene rings is 1. The summed E-state index contributed by atoms with van der Waals surface area (Å²) in [5.74, 6) is 0.375. The van der Waals surface area contributed by atoms with Crippen LogP contribution in [-0.4, -0.2) is 25.7 Å². The summed E-state index contributed by atoms with van der Waals surface area (Å²) < 4.78 is 32.4. The summed E-state index contributed by atoms with van der Waals surface area (Å²) >= 11 is 1.38. The summed E-state index contributed by atoms with van der Waals surface area (Å²) in [6.45, 7) is 5.82. The molecule has 8 heteroatoms. The van der Waals surface area contributed by atoms with Crippen molar-refractivity contribution in [3.63, 3.8) is 0 Å². The predicted molar refractivity (Wildman–Crippen MR) is 97.3 cm³/mol. The molecule has 2 heterocycles. The molecular weight excluding hydrogens is 360 g/mol. The number of carbonyl (C=O) groups is 1. The van der Waals surface area contributed by atoms with Gasteiger partial charge < -0.3 is 10.1 Å². The first-order valence-corrected chi connectivity index (χ1v) is 9.80. The second-order valence-electron chi connectivity index (χ2n) is 5.66. The minimum atomic E-state index is -3.58. The van der Waals surface area contributed by atoms with Crippen LogP contribution in [0.2, 0.25) is 0 Å². The minimum absolute atomic E-state index is 0.251. The molecule has 0 saturated carbocycles. The van der Waals surface area contributed by atoms with E-state index in [0.717, 1.165) is 16.0 Å². The number of hydrogen-bond donors (Lipinski definition) is 1. The Morgan fingerprint density at radius 3 is 2.72 bits per heavy atom. The highest BCUT2D eigenvalue weighted by Crippen LogP contribution is 2.37. The summed E-state index contributed by atoms with van der Waals surface area (Å²) in [5, 5.41) is 3.41. The van der Waals surface area contributed by atoms with E-state index in [1.54, 1.807) is 25.3 Å². The molecule has 0 fully saturated rings. The molecule has 3 rings (SSSR count). The molecule has 1 aliphatic rings. The van der Waals surface area contributed by atoms with Crippen LogP contribution >= 0.6 is 11.3 Å². The molecular formula is C17H18N2O4S2. The number of fused-ring (bicyclic) bond motifs is 1. The molecule has 1 aromatic heterocycles. The summed E-state index contributed by atoms with van der Waals surface area (Å²) in [5.41, 5.74) is 1.69. The van der Waals surface area contributed by atoms with Gasteiger partial charge in [-0.05, 0) is 48.4 Å². The van der Waals surface area contributed by atoms with Gasteiger partial charge in [0.1, 0.15) is 5.75 Å². The number of ether oxygens (including phenoxy) is 1. The van der Waals surface area contributed by atoms with Crippen molar-refractivity contribution >= 4 is 32.3 Å². The Hall–Kier alpha value is -2.16. The molecule has 0 radical (unpaired) electrons. The van der Waals surface area contributed by atoms with Gasteiger partial charge >= 0.3 is 0 Å². The van der Waals surface area contributed by atoms with E-state index < -0.39 is 10.0 Å². The highest BCUT2D eigenvalue weighted by Gasteiger charge is 2.32. The third-order valence-electron chi connectivity index (χ3n) is 4.00. The maximum absolute atomic E-state index is 12.9. The Morgan fingerprint density at radius 2 is 2.12 bits per heavy atom. The predicted octanol–water partition coefficient (Wildman–Crippen LogP) is 2.89. The maximum Gasteiger partial charge on any atom is 0.248 e. The van der Waals surface area contributed by atoms with Crippen LogP contribution in [0.4, 0.5) is 5.00 Å². The number of nitrogens with one attached hydrogen (secondary N) is 1. The van der Waals surface area contributed by atoms with Gasteiger partial charge in [0.25, 0.3) is 0 Å². The third-order valence-corrected chi connectivity index (χ3v) is 6.86. The fraction of sp³-hybridized carbons (Fsp3) is 0.235. The van der Waals surface area contributed by atoms with Crippen LogP contribution in [0.3, 0.4) is 0 Å². The first-order valence-electron chi connectivity index (χ1n) is 7.55. The van der Waals surface area contributed by atoms with E-state index in [2.05, 4.69) is 11.9 Å². The quantitative estimate of drug-likeness (QED) is 0.812. The topological polar surface area (TPSA) is 75.7 Å². The monoisotopic (exact) mass is 378 g/mol. The van der Waals surface area contributed by atoms with Crippen molar-refractivity contribution in [2.24, 2.45) is 0 Å². The van der Waals surface area contributed by atoms with Gasteiger partial charge in [0.2, 0.25) is 15.9 Å². The molecule has 132 valence electrons. The highest BCUT2D eigenvalue weighted by atomic mass is 32.2. The van der Waals surface area contributed by atoms with Crippen molar-refractivity contribution in [2.45, 2.75) is 24.9 Å². The smallest absolute Gasteiger partial charge is 0.248 e. The molecule has 0 aliphatic carbocycles. The molecule has 6 nitrogen and oxygen atoms in total. The Kier molecular flexibility index (Phi) is 4.68. The number of methoxy groups -OCH3 is 1. The van der Waals surface area contributed by atoms with Crippen molar-refractivity contribution in [3.05, 3.63) is 52.9 Å². The van der Waals surface area contributed by atoms with Gasteiger partial charge in [-0.3, -0.25) is 4.79 Å². The maximum atomic E-state index is 12.9. The number of aryl methyl sites for hydroxylation is 1. The Bertz CT molecular complexity index is 924. The van der Waals surface area contributed by atoms with Gasteiger partial charge in [-0.1, -0.05) is 6.58 Å². The lowest BCUT2D eigenvalue weighted by Crippen LogP contribution is -2.25. The molecule has 1 amide bonds. The lowest BCUT2D eigenvalue weighted by Gasteiger charge is -2.17. The second kappa shape index (κ2) is 6.62. The van der Waals surface area contributed by atoms with Crippen LogP contribution in [0, 0.1) is 6.92 Å². The van der Waals surface area contributed by atoms with E-state index in [1.165, 1.54) is 21.7 Å². The third kappa shape index (κ3) is 3.33. The molecule has 1 aromatic carbocycles. The first kappa shape index (κ1) is 17.7. The highest BCUT2D eigenvalue weighted by molar-refractivity contribution is 7.89. The molecule has 2 aromatic rings. The molecule has 0 atom stereocenters. The average Bonchev–Trinajstić information content (AvgIpc) is 3.13. The number of rotatable bonds is 5. The Labute approximate surface area is 150 Å². The molecule has 1 N–H and O–H groups in total. The molecule has 0 spiro atoms. The van der Waals surface area contributed by atoms with E-state index in [-0.39, 0.29) is 10.8 Å². The standard InChI is InChI=1S/C17H18N2O4S2/c1-4-16(20)18-17-8-12-9-19(10-15(12)24-17)25(21,22)13-5-6-14(23-3)11(2)7-13/h4-8H,1,9-10H2,2-3H3,(H,18,20). The summed E-state index contributed by atoms with van der Waals surface area (Å²) in [6, 6.07) is 6.66. The van der Waals surface area contributed by atoms with Gasteiger partial charge in [-0.15, -0.1) is 11.3 Å². The lowest BCUT2D eigenvalue weighted by molar-refractivity contribution is -0.111. The average molecular weight is 378 g/mol. The van der Waals surface area contributed by atoms with E-state index in [9.17, 15) is 13.2 Å². The SMILES string of the molecule is C=CC(=O)Nc1cc2c(s1)CN(S(=O)(=O)c1ccc(OC)c(C)c1)C2. The summed E-state index contributed by atoms with van der Waals surface area (Å²) in [6.07, 6.45) is 1.20. The second-order valence-corrected chi connectivity index (χ2v) is 8.73. The van der Waals surface area contributed by atoms with Crippen molar-refractivity contribution in [2.75, 3.05) is 12.4 Å². The fourth-order valence-electron chi connectivity index (χ4n) is 2.70. The van der Waals surface area contributed by atoms with E-state index in [0.29, 0.717) is 23.8 Å². The normalized spacial score (nSPS) is 14.2. The minimum Gasteiger partial charge on any atom is -0.496 e. The van der Waals surface area contributed by atoms with E-state index >= 15 is 0 Å². The zero-order chi connectivity index (χ0) is 18.2. The zero-order valence-corrected chi connectivity index (χ0v) is 15.5. The van der Waals surface area contributed by atoms with Crippen LogP contribution in [0.1, 0.15) is 16.0 Å². The molecule has 1 aliphatic heterocycles. The van der Waals surface area contributed by atoms with Crippen LogP contribution in [0.5, 0.6) is 5.75 Å². The zero-order valence-electron chi connectivity index (χ0n) is 13.9. The van der Waals surface area contributed by atoms with Crippen LogP contribution in [0.25, 0.3) is 0 Å². The van der Waals surface area contributed by atoms with Crippen molar-refractivity contribution in [3.8, 4) is 5.75 Å². The number of amides is 1. The molecule has 0 unspecified atom stereocenters. The van der Waals surface area contributed by atoms with Gasteiger partial charge in [-0.25, -0.2) is 8.42 Å². The summed E-state index contributed by atoms with van der Waals surface area (Å²) in [4.78, 5) is 12.6. The van der Waals surface area contributed by atoms with E-state index in [4.69, 9.17) is 4.74 Å². The van der Waals surface area contributed by atoms with Gasteiger partial charge in [-0.2, -0.15) is 4.31 Å². The van der Waals surface area contributed by atoms with Crippen LogP contribution in [-0.2, 0) is 27.9 Å². The van der Waals surface area contributed by atoms with Crippen molar-refractivity contribution in [1.29, 1.82) is 0 Å². The largest absolute Gasteiger partial charge is 0.496 e. The Balaban J connectivity index is 1.81. The number of anilines is 1. The van der Waals surface area contributed by atoms with Crippen molar-refractivity contribution < 1.29 is 17.9 Å². The summed E-state index contributed by atoms with van der Waals surface area (Å²) in [7, 11) is -2.03. The van der Waals surface area contributed by atoms with Gasteiger partial charge in [0, 0.05) is 18.0 Å². The number of carbonyl (C=O) groups excluding carboxylic acids is 1. The van der Waals surface area contributed by atoms with Crippen molar-refractivity contribution in [1.82, 2.24) is 4.31 Å². The molecule has 0 saturated heterocycles. The number of sulfonamides is 1. The Morgan fingerprint density at radius 1 is 1.36 bits per heavy atom. The number of nitrogens with zero attached hydrogens (tertiary/aromatic N) is 1. The molecule has 0 bridgehead atoms. The van der Waals surface area contributed by atoms with Crippen LogP contribution in [0.15, 0.2) is 41.8 Å². The van der Waals surface area contributed by atoms with Crippen LogP contribution < -0.4 is 10.1 Å². The van der Waals surface area contributed by atoms with Gasteiger partial charge in [0.15, 0.2) is 0 Å². The number of hydrogen-bond acceptors (Lipinski definition) is 5. The van der Waals surface area contributed by atoms with Gasteiger partial charge in [0.05, 0.1) is 17.0 Å². The fourth-order valence-corrected chi connectivity index (χ4v) is 5.35. The number of thiophene rings is 1. The van der Waals surface area contributed by atoms with E-state index in [1.807, 2.05) is 13.0 Å². The first-order chi connectivity index (χ1) is 11.8. The molecule has 25 heavy (non-hydrogen) atoms. The lowest BCUT2D eigenvalue weighted by atomic mass is 10.2.